The van der Waals surface area contributed by atoms with Crippen molar-refractivity contribution in [1.82, 2.24) is 20.0 Å². The SMILES string of the molecule is CC#Cc1ccc(C(=O)Nc2ccc(F)c([C@@]3(C)N=C(NC(=O)O)C(C)(C)[S@@]4(O)NCC(F)(F)C[C@H]34)n2)nc1. The van der Waals surface area contributed by atoms with Gasteiger partial charge >= 0.3 is 6.09 Å². The number of amides is 2. The summed E-state index contributed by atoms with van der Waals surface area (Å²) in [4.78, 5) is 37.0. The second kappa shape index (κ2) is 9.82. The van der Waals surface area contributed by atoms with Crippen LogP contribution in [-0.2, 0) is 5.54 Å². The monoisotopic (exact) mass is 564 g/mol. The summed E-state index contributed by atoms with van der Waals surface area (Å²) in [7, 11) is -3.29. The van der Waals surface area contributed by atoms with Crippen LogP contribution in [0.3, 0.4) is 0 Å². The molecule has 0 radical (unpaired) electrons. The predicted molar refractivity (Wildman–Crippen MR) is 141 cm³/mol. The van der Waals surface area contributed by atoms with Crippen LogP contribution in [0.15, 0.2) is 35.5 Å². The number of fused-ring (bicyclic) bond motifs is 1. The summed E-state index contributed by atoms with van der Waals surface area (Å²) < 4.78 is 57.7. The van der Waals surface area contributed by atoms with Crippen LogP contribution in [0.25, 0.3) is 0 Å². The average molecular weight is 565 g/mol. The highest BCUT2D eigenvalue weighted by Gasteiger charge is 2.64. The third-order valence-corrected chi connectivity index (χ3v) is 10.6. The molecule has 0 spiro atoms. The van der Waals surface area contributed by atoms with E-state index < -0.39 is 68.4 Å². The number of pyridine rings is 2. The molecule has 4 rings (SSSR count). The fourth-order valence-corrected chi connectivity index (χ4v) is 8.12. The van der Waals surface area contributed by atoms with Crippen molar-refractivity contribution in [3.05, 3.63) is 53.2 Å². The van der Waals surface area contributed by atoms with E-state index in [1.807, 2.05) is 0 Å². The van der Waals surface area contributed by atoms with Crippen molar-refractivity contribution in [2.75, 3.05) is 11.9 Å². The maximum Gasteiger partial charge on any atom is 0.410 e. The molecule has 1 saturated heterocycles. The van der Waals surface area contributed by atoms with Gasteiger partial charge < -0.3 is 15.0 Å². The van der Waals surface area contributed by atoms with Crippen molar-refractivity contribution in [2.45, 2.75) is 55.6 Å². The number of carbonyl (C=O) groups excluding carboxylic acids is 1. The van der Waals surface area contributed by atoms with Gasteiger partial charge in [-0.15, -0.1) is 5.92 Å². The molecular weight excluding hydrogens is 537 g/mol. The first-order chi connectivity index (χ1) is 18.1. The summed E-state index contributed by atoms with van der Waals surface area (Å²) in [5.74, 6) is 0.273. The highest BCUT2D eigenvalue weighted by Crippen LogP contribution is 2.68. The first-order valence-electron chi connectivity index (χ1n) is 11.8. The molecule has 0 bridgehead atoms. The Morgan fingerprint density at radius 1 is 1.18 bits per heavy atom. The average Bonchev–Trinajstić information content (AvgIpc) is 2.85. The van der Waals surface area contributed by atoms with Gasteiger partial charge in [0.1, 0.15) is 34.4 Å². The molecular formula is C25H27F3N6O4S. The molecule has 0 unspecified atom stereocenters. The number of amidine groups is 1. The molecule has 2 aromatic rings. The van der Waals surface area contributed by atoms with Crippen LogP contribution in [0.2, 0.25) is 0 Å². The van der Waals surface area contributed by atoms with E-state index in [9.17, 15) is 28.0 Å². The molecule has 10 nitrogen and oxygen atoms in total. The Kier molecular flexibility index (Phi) is 7.13. The zero-order valence-corrected chi connectivity index (χ0v) is 22.3. The Labute approximate surface area is 224 Å². The maximum absolute atomic E-state index is 15.3. The van der Waals surface area contributed by atoms with Gasteiger partial charge in [-0.3, -0.25) is 19.8 Å². The maximum atomic E-state index is 15.3. The van der Waals surface area contributed by atoms with Crippen LogP contribution in [0, 0.1) is 17.7 Å². The number of halogens is 3. The molecule has 2 aliphatic heterocycles. The summed E-state index contributed by atoms with van der Waals surface area (Å²) in [6, 6.07) is 5.20. The zero-order chi connectivity index (χ0) is 28.8. The van der Waals surface area contributed by atoms with Gasteiger partial charge in [0.05, 0.1) is 16.5 Å². The minimum atomic E-state index is -3.29. The van der Waals surface area contributed by atoms with Crippen molar-refractivity contribution >= 4 is 34.1 Å². The zero-order valence-electron chi connectivity index (χ0n) is 21.5. The van der Waals surface area contributed by atoms with Gasteiger partial charge in [-0.25, -0.2) is 27.9 Å². The number of alkyl halides is 2. The van der Waals surface area contributed by atoms with Gasteiger partial charge in [-0.2, -0.15) is 0 Å². The number of aromatic nitrogens is 2. The molecule has 0 aromatic carbocycles. The first-order valence-corrected chi connectivity index (χ1v) is 13.4. The Morgan fingerprint density at radius 3 is 2.51 bits per heavy atom. The topological polar surface area (TPSA) is 149 Å². The van der Waals surface area contributed by atoms with Crippen LogP contribution in [0.4, 0.5) is 23.8 Å². The van der Waals surface area contributed by atoms with E-state index in [4.69, 9.17) is 0 Å². The van der Waals surface area contributed by atoms with E-state index in [-0.39, 0.29) is 17.3 Å². The number of hydrogen-bond acceptors (Lipinski definition) is 7. The van der Waals surface area contributed by atoms with Gasteiger partial charge in [-0.05, 0) is 52.0 Å². The van der Waals surface area contributed by atoms with Crippen molar-refractivity contribution in [2.24, 2.45) is 4.99 Å². The molecule has 14 heteroatoms. The number of carboxylic acid groups (broad SMARTS) is 1. The van der Waals surface area contributed by atoms with Crippen LogP contribution in [0.5, 0.6) is 0 Å². The Hall–Kier alpha value is -3.67. The quantitative estimate of drug-likeness (QED) is 0.353. The van der Waals surface area contributed by atoms with Gasteiger partial charge in [0.2, 0.25) is 0 Å². The first kappa shape index (κ1) is 28.3. The normalized spacial score (nSPS) is 26.8. The number of rotatable bonds is 3. The third-order valence-electron chi connectivity index (χ3n) is 6.82. The van der Waals surface area contributed by atoms with E-state index in [1.54, 1.807) is 13.0 Å². The molecule has 39 heavy (non-hydrogen) atoms. The van der Waals surface area contributed by atoms with Gasteiger partial charge in [0.15, 0.2) is 0 Å². The van der Waals surface area contributed by atoms with E-state index in [0.717, 1.165) is 6.07 Å². The van der Waals surface area contributed by atoms with Gasteiger partial charge in [0, 0.05) is 18.2 Å². The summed E-state index contributed by atoms with van der Waals surface area (Å²) >= 11 is 0. The molecule has 2 amide bonds. The molecule has 0 saturated carbocycles. The predicted octanol–water partition coefficient (Wildman–Crippen LogP) is 4.10. The number of anilines is 1. The van der Waals surface area contributed by atoms with Gasteiger partial charge in [-0.1, -0.05) is 16.4 Å². The lowest BCUT2D eigenvalue weighted by Crippen LogP contribution is -2.66. The molecule has 208 valence electrons. The van der Waals surface area contributed by atoms with Crippen molar-refractivity contribution in [3.63, 3.8) is 0 Å². The highest BCUT2D eigenvalue weighted by molar-refractivity contribution is 8.29. The lowest BCUT2D eigenvalue weighted by atomic mass is 9.88. The fourth-order valence-electron chi connectivity index (χ4n) is 4.71. The Bertz CT molecular complexity index is 1430. The molecule has 3 atom stereocenters. The fraction of sp³-hybridized carbons (Fsp3) is 0.400. The van der Waals surface area contributed by atoms with Gasteiger partial charge in [0.25, 0.3) is 11.8 Å². The molecule has 2 aliphatic rings. The van der Waals surface area contributed by atoms with E-state index in [1.165, 1.54) is 39.1 Å². The smallest absolute Gasteiger partial charge is 0.410 e. The number of aliphatic imine (C=N–C) groups is 1. The van der Waals surface area contributed by atoms with E-state index >= 15 is 4.39 Å². The Morgan fingerprint density at radius 2 is 1.90 bits per heavy atom. The second-order valence-corrected chi connectivity index (χ2v) is 13.0. The summed E-state index contributed by atoms with van der Waals surface area (Å²) in [5.41, 5.74) is -1.77. The number of carbonyl (C=O) groups is 2. The number of nitrogens with one attached hydrogen (secondary N) is 3. The number of hydrogen-bond donors (Lipinski definition) is 5. The molecule has 2 aromatic heterocycles. The van der Waals surface area contributed by atoms with Crippen LogP contribution in [-0.4, -0.2) is 59.9 Å². The van der Waals surface area contributed by atoms with Crippen molar-refractivity contribution in [1.29, 1.82) is 0 Å². The molecule has 4 heterocycles. The van der Waals surface area contributed by atoms with Crippen molar-refractivity contribution in [3.8, 4) is 11.8 Å². The van der Waals surface area contributed by atoms with E-state index in [0.29, 0.717) is 5.56 Å². The molecule has 5 N–H and O–H groups in total. The van der Waals surface area contributed by atoms with Crippen LogP contribution >= 0.6 is 10.5 Å². The highest BCUT2D eigenvalue weighted by atomic mass is 32.3. The summed E-state index contributed by atoms with van der Waals surface area (Å²) in [6.45, 7) is 5.07. The lowest BCUT2D eigenvalue weighted by molar-refractivity contribution is -0.0148. The number of nitrogens with zero attached hydrogens (tertiary/aromatic N) is 3. The third kappa shape index (κ3) is 5.05. The largest absolute Gasteiger partial charge is 0.465 e. The summed E-state index contributed by atoms with van der Waals surface area (Å²) in [6.07, 6.45) is -0.945. The second-order valence-electron chi connectivity index (χ2n) is 9.83. The van der Waals surface area contributed by atoms with E-state index in [2.05, 4.69) is 42.2 Å². The minimum Gasteiger partial charge on any atom is -0.465 e. The standard InChI is InChI=1S/C25H27F3N6O4S/c1-5-6-14-7-9-16(29-12-14)20(35)32-18-10-8-15(26)19(31-18)24(4)17-11-25(27,28)13-30-39(17,38)23(2,3)21(34-24)33-22(36)37/h7-10,12,17,30,38H,11,13H2,1-4H3,(H,33,34)(H,36,37)(H,31,32,35)/t17-,24+/m1/s1. The summed E-state index contributed by atoms with van der Waals surface area (Å²) in [5, 5.41) is 12.7. The lowest BCUT2D eigenvalue weighted by Gasteiger charge is -2.62. The van der Waals surface area contributed by atoms with Crippen LogP contribution in [0.1, 0.15) is 55.9 Å². The van der Waals surface area contributed by atoms with Crippen LogP contribution < -0.4 is 15.4 Å². The minimum absolute atomic E-state index is 0.0239. The molecule has 0 aliphatic carbocycles. The Balaban J connectivity index is 1.80. The van der Waals surface area contributed by atoms with Crippen molar-refractivity contribution < 1.29 is 32.4 Å². The molecule has 1 fully saturated rings.